The van der Waals surface area contributed by atoms with Gasteiger partial charge in [0, 0.05) is 28.7 Å². The number of urea groups is 1. The molecule has 23 heavy (non-hydrogen) atoms. The van der Waals surface area contributed by atoms with Gasteiger partial charge in [0.2, 0.25) is 0 Å². The number of anilines is 1. The molecule has 5 nitrogen and oxygen atoms in total. The molecule has 0 aliphatic rings. The number of nitrogens with one attached hydrogen (secondary N) is 3. The highest BCUT2D eigenvalue weighted by Crippen LogP contribution is 2.10. The summed E-state index contributed by atoms with van der Waals surface area (Å²) in [5.74, 6) is -0.119. The Morgan fingerprint density at radius 2 is 1.87 bits per heavy atom. The fraction of sp³-hybridized carbons (Fsp3) is 0.294. The average molecular weight is 331 g/mol. The molecule has 2 aromatic rings. The van der Waals surface area contributed by atoms with Crippen molar-refractivity contribution in [2.45, 2.75) is 26.3 Å². The highest BCUT2D eigenvalue weighted by molar-refractivity contribution is 7.09. The van der Waals surface area contributed by atoms with Gasteiger partial charge in [-0.25, -0.2) is 4.79 Å². The molecule has 0 atom stereocenters. The molecule has 3 amide bonds. The third kappa shape index (κ3) is 5.75. The van der Waals surface area contributed by atoms with Crippen LogP contribution in [0.2, 0.25) is 0 Å². The average Bonchev–Trinajstić information content (AvgIpc) is 3.00. The summed E-state index contributed by atoms with van der Waals surface area (Å²) in [6, 6.07) is 10.7. The van der Waals surface area contributed by atoms with E-state index in [1.54, 1.807) is 35.6 Å². The number of thiophene rings is 1. The zero-order valence-electron chi connectivity index (χ0n) is 13.3. The summed E-state index contributed by atoms with van der Waals surface area (Å²) < 4.78 is 0. The van der Waals surface area contributed by atoms with Gasteiger partial charge in [0.15, 0.2) is 0 Å². The topological polar surface area (TPSA) is 70.2 Å². The number of hydrogen-bond donors (Lipinski definition) is 3. The number of hydrogen-bond acceptors (Lipinski definition) is 3. The van der Waals surface area contributed by atoms with Gasteiger partial charge in [-0.15, -0.1) is 11.3 Å². The summed E-state index contributed by atoms with van der Waals surface area (Å²) in [6.07, 6.45) is 0.819. The Morgan fingerprint density at radius 3 is 2.48 bits per heavy atom. The maximum absolute atomic E-state index is 11.8. The second kappa shape index (κ2) is 8.33. The largest absolute Gasteiger partial charge is 0.350 e. The minimum absolute atomic E-state index is 0.0921. The van der Waals surface area contributed by atoms with Crippen LogP contribution in [0.3, 0.4) is 0 Å². The third-order valence-corrected chi connectivity index (χ3v) is 4.00. The van der Waals surface area contributed by atoms with Gasteiger partial charge < -0.3 is 16.0 Å². The Hall–Kier alpha value is -2.34. The van der Waals surface area contributed by atoms with Crippen molar-refractivity contribution >= 4 is 29.0 Å². The second-order valence-electron chi connectivity index (χ2n) is 5.42. The maximum Gasteiger partial charge on any atom is 0.319 e. The van der Waals surface area contributed by atoms with Crippen LogP contribution in [0, 0.1) is 0 Å². The first-order chi connectivity index (χ1) is 11.0. The first-order valence-corrected chi connectivity index (χ1v) is 8.40. The monoisotopic (exact) mass is 331 g/mol. The van der Waals surface area contributed by atoms with Crippen LogP contribution in [0.15, 0.2) is 41.8 Å². The van der Waals surface area contributed by atoms with Crippen molar-refractivity contribution in [3.8, 4) is 0 Å². The first-order valence-electron chi connectivity index (χ1n) is 7.53. The Kier molecular flexibility index (Phi) is 6.17. The Bertz CT molecular complexity index is 636. The number of amides is 3. The zero-order chi connectivity index (χ0) is 16.7. The first kappa shape index (κ1) is 17.0. The van der Waals surface area contributed by atoms with Crippen LogP contribution in [-0.4, -0.2) is 24.5 Å². The second-order valence-corrected chi connectivity index (χ2v) is 6.45. The fourth-order valence-corrected chi connectivity index (χ4v) is 2.69. The molecule has 6 heteroatoms. The van der Waals surface area contributed by atoms with E-state index in [2.05, 4.69) is 16.0 Å². The lowest BCUT2D eigenvalue weighted by Crippen LogP contribution is -2.31. The number of rotatable bonds is 6. The molecule has 0 bridgehead atoms. The summed E-state index contributed by atoms with van der Waals surface area (Å²) in [6.45, 7) is 4.41. The van der Waals surface area contributed by atoms with E-state index in [0.717, 1.165) is 6.42 Å². The van der Waals surface area contributed by atoms with Crippen molar-refractivity contribution in [2.24, 2.45) is 0 Å². The van der Waals surface area contributed by atoms with Crippen molar-refractivity contribution < 1.29 is 9.59 Å². The van der Waals surface area contributed by atoms with Crippen LogP contribution in [0.5, 0.6) is 0 Å². The minimum atomic E-state index is -0.249. The number of carbonyl (C=O) groups is 2. The van der Waals surface area contributed by atoms with Crippen molar-refractivity contribution in [2.75, 3.05) is 11.9 Å². The normalized spacial score (nSPS) is 10.4. The quantitative estimate of drug-likeness (QED) is 0.760. The molecule has 0 aliphatic carbocycles. The smallest absolute Gasteiger partial charge is 0.319 e. The summed E-state index contributed by atoms with van der Waals surface area (Å²) >= 11 is 1.68. The van der Waals surface area contributed by atoms with Gasteiger partial charge in [0.1, 0.15) is 0 Å². The molecule has 1 aromatic heterocycles. The standard InChI is InChI=1S/C17H21N3O2S/c1-12(2)19-16(21)13-5-7-14(8-6-13)20-17(22)18-10-9-15-4-3-11-23-15/h3-8,11-12H,9-10H2,1-2H3,(H,19,21)(H2,18,20,22). The van der Waals surface area contributed by atoms with E-state index < -0.39 is 0 Å². The van der Waals surface area contributed by atoms with Crippen LogP contribution in [0.1, 0.15) is 29.1 Å². The molecule has 3 N–H and O–H groups in total. The molecule has 0 spiro atoms. The van der Waals surface area contributed by atoms with Crippen molar-refractivity contribution in [3.63, 3.8) is 0 Å². The summed E-state index contributed by atoms with van der Waals surface area (Å²) in [5, 5.41) is 10.4. The van der Waals surface area contributed by atoms with Gasteiger partial charge in [-0.05, 0) is 56.0 Å². The van der Waals surface area contributed by atoms with E-state index in [-0.39, 0.29) is 18.0 Å². The zero-order valence-corrected chi connectivity index (χ0v) is 14.1. The molecule has 0 unspecified atom stereocenters. The van der Waals surface area contributed by atoms with Crippen LogP contribution < -0.4 is 16.0 Å². The molecule has 1 heterocycles. The highest BCUT2D eigenvalue weighted by atomic mass is 32.1. The summed E-state index contributed by atoms with van der Waals surface area (Å²) in [7, 11) is 0. The predicted octanol–water partition coefficient (Wildman–Crippen LogP) is 3.25. The van der Waals surface area contributed by atoms with E-state index in [0.29, 0.717) is 17.8 Å². The van der Waals surface area contributed by atoms with Crippen molar-refractivity contribution in [1.29, 1.82) is 0 Å². The van der Waals surface area contributed by atoms with Crippen molar-refractivity contribution in [3.05, 3.63) is 52.2 Å². The van der Waals surface area contributed by atoms with Crippen LogP contribution in [-0.2, 0) is 6.42 Å². The van der Waals surface area contributed by atoms with Gasteiger partial charge in [-0.2, -0.15) is 0 Å². The Labute approximate surface area is 140 Å². The molecule has 122 valence electrons. The lowest BCUT2D eigenvalue weighted by atomic mass is 10.2. The van der Waals surface area contributed by atoms with Gasteiger partial charge in [-0.3, -0.25) is 4.79 Å². The lowest BCUT2D eigenvalue weighted by molar-refractivity contribution is 0.0943. The molecular formula is C17H21N3O2S. The van der Waals surface area contributed by atoms with Crippen molar-refractivity contribution in [1.82, 2.24) is 10.6 Å². The third-order valence-electron chi connectivity index (χ3n) is 3.06. The molecule has 0 fully saturated rings. The minimum Gasteiger partial charge on any atom is -0.350 e. The van der Waals surface area contributed by atoms with E-state index in [4.69, 9.17) is 0 Å². The SMILES string of the molecule is CC(C)NC(=O)c1ccc(NC(=O)NCCc2cccs2)cc1. The molecule has 0 aliphatic heterocycles. The molecule has 1 aromatic carbocycles. The molecule has 0 saturated carbocycles. The number of benzene rings is 1. The summed E-state index contributed by atoms with van der Waals surface area (Å²) in [4.78, 5) is 24.9. The van der Waals surface area contributed by atoms with Gasteiger partial charge in [0.05, 0.1) is 0 Å². The van der Waals surface area contributed by atoms with E-state index in [1.165, 1.54) is 4.88 Å². The van der Waals surface area contributed by atoms with Gasteiger partial charge in [0.25, 0.3) is 5.91 Å². The molecule has 2 rings (SSSR count). The Morgan fingerprint density at radius 1 is 1.13 bits per heavy atom. The molecule has 0 saturated heterocycles. The number of carbonyl (C=O) groups excluding carboxylic acids is 2. The van der Waals surface area contributed by atoms with Gasteiger partial charge >= 0.3 is 6.03 Å². The predicted molar refractivity (Wildman–Crippen MR) is 94.1 cm³/mol. The maximum atomic E-state index is 11.8. The highest BCUT2D eigenvalue weighted by Gasteiger charge is 2.07. The van der Waals surface area contributed by atoms with E-state index >= 15 is 0 Å². The van der Waals surface area contributed by atoms with E-state index in [1.807, 2.05) is 31.4 Å². The molecule has 0 radical (unpaired) electrons. The van der Waals surface area contributed by atoms with Gasteiger partial charge in [-0.1, -0.05) is 6.07 Å². The van der Waals surface area contributed by atoms with Crippen LogP contribution in [0.25, 0.3) is 0 Å². The summed E-state index contributed by atoms with van der Waals surface area (Å²) in [5.41, 5.74) is 1.22. The van der Waals surface area contributed by atoms with Crippen LogP contribution >= 0.6 is 11.3 Å². The van der Waals surface area contributed by atoms with Crippen LogP contribution in [0.4, 0.5) is 10.5 Å². The Balaban J connectivity index is 1.78. The lowest BCUT2D eigenvalue weighted by Gasteiger charge is -2.10. The van der Waals surface area contributed by atoms with E-state index in [9.17, 15) is 9.59 Å². The molecular weight excluding hydrogens is 310 g/mol. The fourth-order valence-electron chi connectivity index (χ4n) is 1.98.